The van der Waals surface area contributed by atoms with Crippen LogP contribution in [0.2, 0.25) is 0 Å². The summed E-state index contributed by atoms with van der Waals surface area (Å²) in [6.07, 6.45) is 5.26. The van der Waals surface area contributed by atoms with Crippen molar-refractivity contribution in [2.75, 3.05) is 6.54 Å². The number of amidine groups is 1. The van der Waals surface area contributed by atoms with Gasteiger partial charge in [0.25, 0.3) is 0 Å². The van der Waals surface area contributed by atoms with Crippen molar-refractivity contribution in [1.82, 2.24) is 5.32 Å². The van der Waals surface area contributed by atoms with Gasteiger partial charge in [-0.1, -0.05) is 6.08 Å². The highest BCUT2D eigenvalue weighted by Crippen LogP contribution is 2.21. The fourth-order valence-electron chi connectivity index (χ4n) is 1.60. The third kappa shape index (κ3) is 1.16. The minimum absolute atomic E-state index is 0.334. The summed E-state index contributed by atoms with van der Waals surface area (Å²) >= 11 is 0. The smallest absolute Gasteiger partial charge is 0.0982 e. The van der Waals surface area contributed by atoms with Crippen LogP contribution in [0.1, 0.15) is 13.3 Å². The molecule has 2 aliphatic rings. The zero-order valence-corrected chi connectivity index (χ0v) is 7.17. The van der Waals surface area contributed by atoms with Crippen LogP contribution in [-0.4, -0.2) is 18.4 Å². The van der Waals surface area contributed by atoms with Crippen molar-refractivity contribution in [3.63, 3.8) is 0 Å². The first-order valence-electron chi connectivity index (χ1n) is 4.21. The summed E-state index contributed by atoms with van der Waals surface area (Å²) < 4.78 is 0. The summed E-state index contributed by atoms with van der Waals surface area (Å²) in [5, 5.41) is 3.23. The van der Waals surface area contributed by atoms with E-state index >= 15 is 0 Å². The van der Waals surface area contributed by atoms with E-state index < -0.39 is 0 Å². The number of nitrogens with zero attached hydrogens (tertiary/aromatic N) is 1. The van der Waals surface area contributed by atoms with Gasteiger partial charge in [-0.25, -0.2) is 0 Å². The first-order chi connectivity index (χ1) is 5.79. The van der Waals surface area contributed by atoms with Gasteiger partial charge in [-0.15, -0.1) is 0 Å². The maximum Gasteiger partial charge on any atom is 0.0982 e. The van der Waals surface area contributed by atoms with E-state index in [1.807, 2.05) is 6.92 Å². The van der Waals surface area contributed by atoms with Crippen LogP contribution in [0.25, 0.3) is 0 Å². The lowest BCUT2D eigenvalue weighted by atomic mass is 10.0. The zero-order valence-electron chi connectivity index (χ0n) is 7.17. The lowest BCUT2D eigenvalue weighted by Crippen LogP contribution is -2.20. The van der Waals surface area contributed by atoms with E-state index in [0.717, 1.165) is 12.3 Å². The van der Waals surface area contributed by atoms with Gasteiger partial charge in [0.05, 0.1) is 11.9 Å². The van der Waals surface area contributed by atoms with Crippen LogP contribution in [0.4, 0.5) is 0 Å². The summed E-state index contributed by atoms with van der Waals surface area (Å²) in [5.41, 5.74) is 7.95. The predicted octanol–water partition coefficient (Wildman–Crippen LogP) is 0.549. The van der Waals surface area contributed by atoms with Crippen LogP contribution in [0.3, 0.4) is 0 Å². The maximum absolute atomic E-state index is 5.54. The Morgan fingerprint density at radius 3 is 3.33 bits per heavy atom. The highest BCUT2D eigenvalue weighted by Gasteiger charge is 2.21. The number of rotatable bonds is 1. The van der Waals surface area contributed by atoms with E-state index in [1.165, 1.54) is 11.3 Å². The minimum atomic E-state index is 0.334. The quantitative estimate of drug-likeness (QED) is 0.593. The van der Waals surface area contributed by atoms with E-state index in [9.17, 15) is 0 Å². The first-order valence-corrected chi connectivity index (χ1v) is 4.21. The Kier molecular flexibility index (Phi) is 1.73. The zero-order chi connectivity index (χ0) is 8.55. The van der Waals surface area contributed by atoms with E-state index in [0.29, 0.717) is 12.6 Å². The Morgan fingerprint density at radius 2 is 2.58 bits per heavy atom. The van der Waals surface area contributed by atoms with Gasteiger partial charge < -0.3 is 11.1 Å². The Bertz CT molecular complexity index is 286. The molecule has 0 fully saturated rings. The molecule has 0 aromatic carbocycles. The van der Waals surface area contributed by atoms with Gasteiger partial charge in [0.15, 0.2) is 0 Å². The largest absolute Gasteiger partial charge is 0.346 e. The second-order valence-corrected chi connectivity index (χ2v) is 3.17. The Balaban J connectivity index is 2.20. The molecule has 1 unspecified atom stereocenters. The molecule has 2 rings (SSSR count). The summed E-state index contributed by atoms with van der Waals surface area (Å²) in [6.45, 7) is 2.61. The number of hydrogen-bond donors (Lipinski definition) is 2. The fraction of sp³-hybridized carbons (Fsp3) is 0.444. The molecule has 0 aromatic heterocycles. The van der Waals surface area contributed by atoms with Crippen molar-refractivity contribution < 1.29 is 0 Å². The van der Waals surface area contributed by atoms with E-state index in [1.54, 1.807) is 0 Å². The molecule has 1 heterocycles. The van der Waals surface area contributed by atoms with Gasteiger partial charge in [0, 0.05) is 12.2 Å². The number of nitrogens with two attached hydrogens (primary N) is 1. The summed E-state index contributed by atoms with van der Waals surface area (Å²) in [4.78, 5) is 4.43. The van der Waals surface area contributed by atoms with Crippen molar-refractivity contribution in [3.8, 4) is 0 Å². The SMILES string of the molecule is CC1=NC2CC=C(CN)C=C2N1. The minimum Gasteiger partial charge on any atom is -0.346 e. The molecule has 64 valence electrons. The standard InChI is InChI=1S/C9H13N3/c1-6-11-8-3-2-7(5-10)4-9(8)12-6/h2,4,8H,3,5,10H2,1H3,(H,11,12). The molecular formula is C9H13N3. The van der Waals surface area contributed by atoms with E-state index in [-0.39, 0.29) is 0 Å². The molecule has 1 aliphatic heterocycles. The third-order valence-electron chi connectivity index (χ3n) is 2.21. The molecule has 0 spiro atoms. The van der Waals surface area contributed by atoms with Crippen LogP contribution in [0, 0.1) is 0 Å². The third-order valence-corrected chi connectivity index (χ3v) is 2.21. The van der Waals surface area contributed by atoms with Crippen molar-refractivity contribution in [2.24, 2.45) is 10.7 Å². The Hall–Kier alpha value is -1.09. The van der Waals surface area contributed by atoms with Gasteiger partial charge in [-0.2, -0.15) is 0 Å². The summed E-state index contributed by atoms with van der Waals surface area (Å²) in [7, 11) is 0. The fourth-order valence-corrected chi connectivity index (χ4v) is 1.60. The molecule has 1 atom stereocenters. The van der Waals surface area contributed by atoms with Gasteiger partial charge in [0.1, 0.15) is 0 Å². The molecule has 0 saturated heterocycles. The number of aliphatic imine (C=N–C) groups is 1. The first kappa shape index (κ1) is 7.55. The highest BCUT2D eigenvalue weighted by molar-refractivity contribution is 5.84. The molecule has 0 saturated carbocycles. The Labute approximate surface area is 72.1 Å². The molecule has 0 aromatic rings. The molecule has 1 aliphatic carbocycles. The van der Waals surface area contributed by atoms with Crippen LogP contribution >= 0.6 is 0 Å². The predicted molar refractivity (Wildman–Crippen MR) is 49.9 cm³/mol. The lowest BCUT2D eigenvalue weighted by molar-refractivity contribution is 0.773. The van der Waals surface area contributed by atoms with Crippen LogP contribution < -0.4 is 11.1 Å². The summed E-state index contributed by atoms with van der Waals surface area (Å²) in [5.74, 6) is 1.01. The van der Waals surface area contributed by atoms with Crippen molar-refractivity contribution in [1.29, 1.82) is 0 Å². The highest BCUT2D eigenvalue weighted by atomic mass is 15.1. The number of nitrogens with one attached hydrogen (secondary N) is 1. The average Bonchev–Trinajstić information content (AvgIpc) is 2.43. The average molecular weight is 163 g/mol. The molecule has 3 heteroatoms. The van der Waals surface area contributed by atoms with Crippen molar-refractivity contribution >= 4 is 5.84 Å². The second kappa shape index (κ2) is 2.75. The molecule has 0 amide bonds. The lowest BCUT2D eigenvalue weighted by Gasteiger charge is -2.13. The summed E-state index contributed by atoms with van der Waals surface area (Å²) in [6, 6.07) is 0.334. The Morgan fingerprint density at radius 1 is 1.75 bits per heavy atom. The topological polar surface area (TPSA) is 50.4 Å². The molecule has 12 heavy (non-hydrogen) atoms. The van der Waals surface area contributed by atoms with Crippen molar-refractivity contribution in [2.45, 2.75) is 19.4 Å². The normalized spacial score (nSPS) is 26.8. The van der Waals surface area contributed by atoms with Gasteiger partial charge in [-0.3, -0.25) is 4.99 Å². The van der Waals surface area contributed by atoms with Gasteiger partial charge in [-0.05, 0) is 25.0 Å². The number of fused-ring (bicyclic) bond motifs is 1. The second-order valence-electron chi connectivity index (χ2n) is 3.17. The van der Waals surface area contributed by atoms with Gasteiger partial charge in [0.2, 0.25) is 0 Å². The molecule has 3 nitrogen and oxygen atoms in total. The van der Waals surface area contributed by atoms with Crippen molar-refractivity contribution in [3.05, 3.63) is 23.4 Å². The maximum atomic E-state index is 5.54. The molecular weight excluding hydrogens is 150 g/mol. The van der Waals surface area contributed by atoms with Crippen LogP contribution in [0.15, 0.2) is 28.4 Å². The monoisotopic (exact) mass is 163 g/mol. The number of hydrogen-bond acceptors (Lipinski definition) is 3. The molecule has 0 radical (unpaired) electrons. The van der Waals surface area contributed by atoms with E-state index in [2.05, 4.69) is 22.5 Å². The van der Waals surface area contributed by atoms with Crippen LogP contribution in [-0.2, 0) is 0 Å². The molecule has 3 N–H and O–H groups in total. The van der Waals surface area contributed by atoms with Gasteiger partial charge >= 0.3 is 0 Å². The van der Waals surface area contributed by atoms with E-state index in [4.69, 9.17) is 5.73 Å². The molecule has 0 bridgehead atoms. The van der Waals surface area contributed by atoms with Crippen LogP contribution in [0.5, 0.6) is 0 Å².